The number of rotatable bonds is 4. The third-order valence-electron chi connectivity index (χ3n) is 3.33. The zero-order valence-corrected chi connectivity index (χ0v) is 12.2. The number of hydrogen-bond donors (Lipinski definition) is 0. The highest BCUT2D eigenvalue weighted by Crippen LogP contribution is 2.20. The van der Waals surface area contributed by atoms with Crippen LogP contribution in [0.5, 0.6) is 0 Å². The molecular formula is C14H25NO4. The maximum Gasteiger partial charge on any atom is 0.410 e. The molecule has 2 aliphatic heterocycles. The van der Waals surface area contributed by atoms with E-state index in [1.165, 1.54) is 0 Å². The van der Waals surface area contributed by atoms with E-state index in [1.807, 2.05) is 20.8 Å². The van der Waals surface area contributed by atoms with Crippen LogP contribution in [0.4, 0.5) is 4.79 Å². The second-order valence-electron chi connectivity index (χ2n) is 6.40. The highest BCUT2D eigenvalue weighted by atomic mass is 16.6. The van der Waals surface area contributed by atoms with Crippen molar-refractivity contribution in [1.29, 1.82) is 0 Å². The summed E-state index contributed by atoms with van der Waals surface area (Å²) >= 11 is 0. The highest BCUT2D eigenvalue weighted by molar-refractivity contribution is 5.68. The molecule has 1 atom stereocenters. The van der Waals surface area contributed by atoms with Gasteiger partial charge in [-0.1, -0.05) is 0 Å². The Morgan fingerprint density at radius 1 is 1.26 bits per heavy atom. The van der Waals surface area contributed by atoms with Crippen LogP contribution >= 0.6 is 0 Å². The molecule has 0 radical (unpaired) electrons. The lowest BCUT2D eigenvalue weighted by atomic mass is 9.98. The van der Waals surface area contributed by atoms with Crippen molar-refractivity contribution in [1.82, 2.24) is 4.90 Å². The fraction of sp³-hybridized carbons (Fsp3) is 0.929. The molecule has 0 aromatic heterocycles. The van der Waals surface area contributed by atoms with E-state index in [0.29, 0.717) is 18.6 Å². The number of amides is 1. The number of carbonyl (C=O) groups excluding carboxylic acids is 1. The number of carbonyl (C=O) groups is 1. The molecule has 0 N–H and O–H groups in total. The van der Waals surface area contributed by atoms with Gasteiger partial charge in [-0.15, -0.1) is 0 Å². The van der Waals surface area contributed by atoms with Crippen molar-refractivity contribution >= 4 is 6.09 Å². The Morgan fingerprint density at radius 3 is 2.42 bits per heavy atom. The van der Waals surface area contributed by atoms with Gasteiger partial charge in [0, 0.05) is 19.7 Å². The lowest BCUT2D eigenvalue weighted by Gasteiger charge is -2.33. The minimum absolute atomic E-state index is 0.196. The van der Waals surface area contributed by atoms with Crippen LogP contribution in [0.2, 0.25) is 0 Å². The molecule has 2 rings (SSSR count). The Kier molecular flexibility index (Phi) is 4.68. The zero-order chi connectivity index (χ0) is 13.9. The lowest BCUT2D eigenvalue weighted by Crippen LogP contribution is -2.42. The first-order valence-corrected chi connectivity index (χ1v) is 7.11. The summed E-state index contributed by atoms with van der Waals surface area (Å²) in [7, 11) is 0. The lowest BCUT2D eigenvalue weighted by molar-refractivity contribution is 0.0109. The van der Waals surface area contributed by atoms with Crippen molar-refractivity contribution in [2.75, 3.05) is 32.9 Å². The number of epoxide rings is 1. The molecule has 110 valence electrons. The van der Waals surface area contributed by atoms with Gasteiger partial charge in [0.2, 0.25) is 0 Å². The van der Waals surface area contributed by atoms with E-state index in [4.69, 9.17) is 14.2 Å². The first-order chi connectivity index (χ1) is 8.94. The quantitative estimate of drug-likeness (QED) is 0.734. The summed E-state index contributed by atoms with van der Waals surface area (Å²) in [5.74, 6) is 0.553. The fourth-order valence-corrected chi connectivity index (χ4v) is 2.14. The third-order valence-corrected chi connectivity index (χ3v) is 3.33. The zero-order valence-electron chi connectivity index (χ0n) is 12.2. The minimum atomic E-state index is -0.415. The normalized spacial score (nSPS) is 24.4. The Labute approximate surface area is 115 Å². The maximum atomic E-state index is 11.9. The van der Waals surface area contributed by atoms with Crippen molar-refractivity contribution < 1.29 is 19.0 Å². The van der Waals surface area contributed by atoms with Crippen LogP contribution in [0.3, 0.4) is 0 Å². The van der Waals surface area contributed by atoms with E-state index in [2.05, 4.69) is 0 Å². The van der Waals surface area contributed by atoms with Crippen molar-refractivity contribution in [2.24, 2.45) is 5.92 Å². The van der Waals surface area contributed by atoms with Gasteiger partial charge in [0.05, 0.1) is 13.2 Å². The Balaban J connectivity index is 1.62. The average Bonchev–Trinajstić information content (AvgIpc) is 3.12. The smallest absolute Gasteiger partial charge is 0.410 e. The van der Waals surface area contributed by atoms with Gasteiger partial charge in [0.15, 0.2) is 0 Å². The number of ether oxygens (including phenoxy) is 3. The van der Waals surface area contributed by atoms with Crippen molar-refractivity contribution in [3.63, 3.8) is 0 Å². The summed E-state index contributed by atoms with van der Waals surface area (Å²) in [6, 6.07) is 0. The molecule has 0 unspecified atom stereocenters. The van der Waals surface area contributed by atoms with E-state index >= 15 is 0 Å². The molecule has 2 saturated heterocycles. The van der Waals surface area contributed by atoms with Gasteiger partial charge in [-0.2, -0.15) is 0 Å². The van der Waals surface area contributed by atoms with E-state index < -0.39 is 5.60 Å². The number of nitrogens with zero attached hydrogens (tertiary/aromatic N) is 1. The molecule has 19 heavy (non-hydrogen) atoms. The molecule has 5 heteroatoms. The monoisotopic (exact) mass is 271 g/mol. The van der Waals surface area contributed by atoms with Crippen LogP contribution in [-0.2, 0) is 14.2 Å². The molecule has 0 aliphatic carbocycles. The highest BCUT2D eigenvalue weighted by Gasteiger charge is 2.28. The van der Waals surface area contributed by atoms with E-state index in [0.717, 1.165) is 39.1 Å². The predicted molar refractivity (Wildman–Crippen MR) is 71.1 cm³/mol. The van der Waals surface area contributed by atoms with Crippen LogP contribution in [-0.4, -0.2) is 55.6 Å². The molecule has 0 saturated carbocycles. The van der Waals surface area contributed by atoms with Gasteiger partial charge < -0.3 is 19.1 Å². The van der Waals surface area contributed by atoms with Gasteiger partial charge >= 0.3 is 6.09 Å². The largest absolute Gasteiger partial charge is 0.444 e. The van der Waals surface area contributed by atoms with Crippen LogP contribution < -0.4 is 0 Å². The second kappa shape index (κ2) is 6.09. The molecule has 1 amide bonds. The number of piperidine rings is 1. The molecule has 0 spiro atoms. The molecule has 0 aromatic rings. The van der Waals surface area contributed by atoms with Crippen LogP contribution in [0.1, 0.15) is 33.6 Å². The molecule has 2 aliphatic rings. The second-order valence-corrected chi connectivity index (χ2v) is 6.40. The van der Waals surface area contributed by atoms with E-state index in [-0.39, 0.29) is 6.09 Å². The Bertz CT molecular complexity index is 301. The Hall–Kier alpha value is -0.810. The molecule has 2 fully saturated rings. The van der Waals surface area contributed by atoms with Gasteiger partial charge in [0.1, 0.15) is 11.7 Å². The molecular weight excluding hydrogens is 246 g/mol. The fourth-order valence-electron chi connectivity index (χ4n) is 2.14. The summed E-state index contributed by atoms with van der Waals surface area (Å²) in [6.07, 6.45) is 2.12. The minimum Gasteiger partial charge on any atom is -0.444 e. The van der Waals surface area contributed by atoms with E-state index in [9.17, 15) is 4.79 Å². The summed E-state index contributed by atoms with van der Waals surface area (Å²) in [5.41, 5.74) is -0.415. The van der Waals surface area contributed by atoms with E-state index in [1.54, 1.807) is 4.90 Å². The summed E-state index contributed by atoms with van der Waals surface area (Å²) in [5, 5.41) is 0. The van der Waals surface area contributed by atoms with Crippen molar-refractivity contribution in [3.8, 4) is 0 Å². The summed E-state index contributed by atoms with van der Waals surface area (Å²) in [4.78, 5) is 13.7. The third kappa shape index (κ3) is 5.37. The topological polar surface area (TPSA) is 51.3 Å². The van der Waals surface area contributed by atoms with Gasteiger partial charge in [-0.05, 0) is 39.5 Å². The first-order valence-electron chi connectivity index (χ1n) is 7.11. The molecule has 2 heterocycles. The number of hydrogen-bond acceptors (Lipinski definition) is 4. The standard InChI is InChI=1S/C14H25NO4/c1-14(2,3)19-13(16)15-6-4-11(5-7-15)8-17-9-12-10-18-12/h11-12H,4-10H2,1-3H3/t12-/m1/s1. The maximum absolute atomic E-state index is 11.9. The number of likely N-dealkylation sites (tertiary alicyclic amines) is 1. The molecule has 0 aromatic carbocycles. The molecule has 5 nitrogen and oxygen atoms in total. The van der Waals surface area contributed by atoms with Gasteiger partial charge in [-0.3, -0.25) is 0 Å². The molecule has 0 bridgehead atoms. The van der Waals surface area contributed by atoms with Crippen LogP contribution in [0.25, 0.3) is 0 Å². The van der Waals surface area contributed by atoms with Gasteiger partial charge in [-0.25, -0.2) is 4.79 Å². The first kappa shape index (κ1) is 14.6. The summed E-state index contributed by atoms with van der Waals surface area (Å²) in [6.45, 7) is 9.56. The summed E-state index contributed by atoms with van der Waals surface area (Å²) < 4.78 is 16.1. The average molecular weight is 271 g/mol. The van der Waals surface area contributed by atoms with Crippen LogP contribution in [0, 0.1) is 5.92 Å². The van der Waals surface area contributed by atoms with Gasteiger partial charge in [0.25, 0.3) is 0 Å². The predicted octanol–water partition coefficient (Wildman–Crippen LogP) is 2.05. The Morgan fingerprint density at radius 2 is 1.89 bits per heavy atom. The van der Waals surface area contributed by atoms with Crippen LogP contribution in [0.15, 0.2) is 0 Å². The van der Waals surface area contributed by atoms with Crippen molar-refractivity contribution in [2.45, 2.75) is 45.3 Å². The SMILES string of the molecule is CC(C)(C)OC(=O)N1CCC(COC[C@@H]2CO2)CC1. The van der Waals surface area contributed by atoms with Crippen molar-refractivity contribution in [3.05, 3.63) is 0 Å².